The molecule has 6 rings (SSSR count). The van der Waals surface area contributed by atoms with E-state index in [0.717, 1.165) is 11.1 Å². The van der Waals surface area contributed by atoms with Crippen LogP contribution in [0.1, 0.15) is 79.1 Å². The monoisotopic (exact) mass is 620 g/mol. The first kappa shape index (κ1) is 29.9. The lowest BCUT2D eigenvalue weighted by Crippen LogP contribution is -2.19. The van der Waals surface area contributed by atoms with E-state index in [4.69, 9.17) is 32.8 Å². The van der Waals surface area contributed by atoms with Crippen molar-refractivity contribution in [3.63, 3.8) is 0 Å². The highest BCUT2D eigenvalue weighted by atomic mass is 35.5. The summed E-state index contributed by atoms with van der Waals surface area (Å²) in [4.78, 5) is 15.6. The molecule has 3 N–H and O–H groups in total. The Hall–Kier alpha value is -2.56. The van der Waals surface area contributed by atoms with E-state index in [0.29, 0.717) is 60.8 Å². The van der Waals surface area contributed by atoms with Gasteiger partial charge in [0.25, 0.3) is 0 Å². The maximum absolute atomic E-state index is 14.2. The number of aliphatic hydroxyl groups is 2. The summed E-state index contributed by atoms with van der Waals surface area (Å²) in [6, 6.07) is 7.68. The largest absolute Gasteiger partial charge is 0.478 e. The number of carboxylic acid groups (broad SMARTS) is 1. The number of halogens is 3. The standard InChI is InChI=1S/C17H18FNO2S.C13H13Cl2NO3/c1-8-5-9-3-2-4-11(8)14(9)16-19-15-12(18)6-10(17(20)21)7-13(15)22-16;1-13(2,18)12-7(6-17)11(16-19-12)10-8(14)4-3-5-9(10)15/h6-9,11,14H,2-5H2,1H3,(H,20,21);3-5,17-18H,6H2,1-2H3. The minimum absolute atomic E-state index is 0.000171. The van der Waals surface area contributed by atoms with Crippen LogP contribution in [0.2, 0.25) is 10.0 Å². The summed E-state index contributed by atoms with van der Waals surface area (Å²) in [7, 11) is 0. The van der Waals surface area contributed by atoms with Crippen LogP contribution in [0, 0.1) is 23.6 Å². The molecule has 2 bridgehead atoms. The van der Waals surface area contributed by atoms with Gasteiger partial charge in [-0.25, -0.2) is 14.2 Å². The van der Waals surface area contributed by atoms with E-state index in [1.165, 1.54) is 37.0 Å². The second-order valence-corrected chi connectivity index (χ2v) is 13.3. The van der Waals surface area contributed by atoms with Crippen molar-refractivity contribution < 1.29 is 29.0 Å². The fourth-order valence-electron chi connectivity index (χ4n) is 6.39. The molecule has 0 amide bonds. The minimum Gasteiger partial charge on any atom is -0.478 e. The van der Waals surface area contributed by atoms with Gasteiger partial charge < -0.3 is 19.8 Å². The second kappa shape index (κ2) is 11.6. The van der Waals surface area contributed by atoms with Crippen LogP contribution in [0.25, 0.3) is 21.5 Å². The van der Waals surface area contributed by atoms with Gasteiger partial charge in [-0.1, -0.05) is 47.8 Å². The fourth-order valence-corrected chi connectivity index (χ4v) is 8.26. The quantitative estimate of drug-likeness (QED) is 0.207. The van der Waals surface area contributed by atoms with Gasteiger partial charge in [-0.05, 0) is 75.1 Å². The van der Waals surface area contributed by atoms with Crippen LogP contribution in [0.3, 0.4) is 0 Å². The fraction of sp³-hybridized carbons (Fsp3) is 0.433. The molecule has 7 nitrogen and oxygen atoms in total. The summed E-state index contributed by atoms with van der Waals surface area (Å²) in [5.41, 5.74) is 0.284. The summed E-state index contributed by atoms with van der Waals surface area (Å²) < 4.78 is 20.0. The molecule has 41 heavy (non-hydrogen) atoms. The number of hydrogen-bond acceptors (Lipinski definition) is 7. The van der Waals surface area contributed by atoms with Crippen LogP contribution >= 0.6 is 34.5 Å². The number of carboxylic acids is 1. The van der Waals surface area contributed by atoms with Crippen molar-refractivity contribution in [1.82, 2.24) is 10.1 Å². The maximum Gasteiger partial charge on any atom is 0.335 e. The Morgan fingerprint density at radius 3 is 2.54 bits per heavy atom. The average molecular weight is 622 g/mol. The molecule has 218 valence electrons. The summed E-state index contributed by atoms with van der Waals surface area (Å²) in [5, 5.41) is 34.2. The predicted molar refractivity (Wildman–Crippen MR) is 157 cm³/mol. The van der Waals surface area contributed by atoms with Gasteiger partial charge in [0.1, 0.15) is 16.8 Å². The zero-order chi connectivity index (χ0) is 29.6. The van der Waals surface area contributed by atoms with Gasteiger partial charge in [0, 0.05) is 11.5 Å². The molecule has 2 heterocycles. The SMILES string of the molecule is CC(C)(O)c1onc(-c2c(Cl)cccc2Cl)c1CO.CC1CC2CCCC1C2c1nc2c(F)cc(C(=O)O)cc2s1. The summed E-state index contributed by atoms with van der Waals surface area (Å²) >= 11 is 13.7. The van der Waals surface area contributed by atoms with Crippen molar-refractivity contribution in [1.29, 1.82) is 0 Å². The molecule has 4 aromatic rings. The summed E-state index contributed by atoms with van der Waals surface area (Å²) in [5.74, 6) is 1.05. The molecule has 0 saturated heterocycles. The third kappa shape index (κ3) is 5.75. The molecule has 0 radical (unpaired) electrons. The lowest BCUT2D eigenvalue weighted by atomic mass is 9.78. The van der Waals surface area contributed by atoms with Gasteiger partial charge in [0.05, 0.1) is 37.5 Å². The molecule has 4 atom stereocenters. The summed E-state index contributed by atoms with van der Waals surface area (Å²) in [6.07, 6.45) is 5.01. The third-order valence-corrected chi connectivity index (χ3v) is 9.92. The third-order valence-electron chi connectivity index (χ3n) is 8.19. The number of hydrogen-bond donors (Lipinski definition) is 3. The van der Waals surface area contributed by atoms with Crippen LogP contribution in [0.15, 0.2) is 34.9 Å². The molecule has 2 fully saturated rings. The van der Waals surface area contributed by atoms with Crippen molar-refractivity contribution in [2.75, 3.05) is 0 Å². The normalized spacial score (nSPS) is 22.0. The van der Waals surface area contributed by atoms with Gasteiger partial charge in [0.2, 0.25) is 0 Å². The first-order chi connectivity index (χ1) is 19.4. The highest BCUT2D eigenvalue weighted by molar-refractivity contribution is 7.18. The molecule has 2 saturated carbocycles. The Morgan fingerprint density at radius 2 is 1.93 bits per heavy atom. The Kier molecular flexibility index (Phi) is 8.47. The van der Waals surface area contributed by atoms with E-state index in [1.54, 1.807) is 38.1 Å². The van der Waals surface area contributed by atoms with Crippen LogP contribution in [-0.2, 0) is 12.2 Å². The number of thiazole rings is 1. The average Bonchev–Trinajstić information content (AvgIpc) is 3.57. The van der Waals surface area contributed by atoms with Crippen molar-refractivity contribution in [2.24, 2.45) is 17.8 Å². The Balaban J connectivity index is 0.000000167. The van der Waals surface area contributed by atoms with Gasteiger partial charge in [-0.15, -0.1) is 11.3 Å². The van der Waals surface area contributed by atoms with Gasteiger partial charge >= 0.3 is 5.97 Å². The first-order valence-corrected chi connectivity index (χ1v) is 15.1. The number of nitrogens with zero attached hydrogens (tertiary/aromatic N) is 2. The van der Waals surface area contributed by atoms with Crippen LogP contribution in [0.4, 0.5) is 4.39 Å². The number of fused-ring (bicyclic) bond motifs is 3. The van der Waals surface area contributed by atoms with E-state index >= 15 is 0 Å². The number of aliphatic hydroxyl groups excluding tert-OH is 1. The van der Waals surface area contributed by atoms with Crippen molar-refractivity contribution >= 4 is 50.7 Å². The predicted octanol–water partition coefficient (Wildman–Crippen LogP) is 8.04. The highest BCUT2D eigenvalue weighted by Crippen LogP contribution is 2.56. The smallest absolute Gasteiger partial charge is 0.335 e. The molecule has 4 unspecified atom stereocenters. The molecule has 0 aliphatic heterocycles. The molecule has 2 aliphatic carbocycles. The molecule has 11 heteroatoms. The Bertz CT molecular complexity index is 1580. The molecule has 2 aromatic carbocycles. The van der Waals surface area contributed by atoms with E-state index in [-0.39, 0.29) is 17.9 Å². The molecule has 2 aliphatic rings. The van der Waals surface area contributed by atoms with Crippen molar-refractivity contribution in [3.8, 4) is 11.3 Å². The van der Waals surface area contributed by atoms with E-state index in [9.17, 15) is 19.4 Å². The molecular formula is C30H31Cl2FN2O5S. The number of rotatable bonds is 5. The second-order valence-electron chi connectivity index (χ2n) is 11.4. The Labute approximate surface area is 250 Å². The van der Waals surface area contributed by atoms with Crippen LogP contribution < -0.4 is 0 Å². The summed E-state index contributed by atoms with van der Waals surface area (Å²) in [6.45, 7) is 5.08. The minimum atomic E-state index is -1.25. The lowest BCUT2D eigenvalue weighted by molar-refractivity contribution is 0.0448. The zero-order valence-electron chi connectivity index (χ0n) is 22.8. The number of aromatic carboxylic acids is 1. The maximum atomic E-state index is 14.2. The zero-order valence-corrected chi connectivity index (χ0v) is 25.2. The van der Waals surface area contributed by atoms with E-state index in [2.05, 4.69) is 17.1 Å². The number of benzene rings is 2. The van der Waals surface area contributed by atoms with E-state index < -0.39 is 17.4 Å². The van der Waals surface area contributed by atoms with Crippen molar-refractivity contribution in [3.05, 3.63) is 68.1 Å². The first-order valence-electron chi connectivity index (χ1n) is 13.5. The van der Waals surface area contributed by atoms with Gasteiger partial charge in [-0.3, -0.25) is 0 Å². The number of aromatic nitrogens is 2. The molecular weight excluding hydrogens is 590 g/mol. The molecule has 0 spiro atoms. The van der Waals surface area contributed by atoms with E-state index in [1.807, 2.05) is 0 Å². The van der Waals surface area contributed by atoms with Crippen LogP contribution in [-0.4, -0.2) is 31.4 Å². The van der Waals surface area contributed by atoms with Gasteiger partial charge in [-0.2, -0.15) is 0 Å². The Morgan fingerprint density at radius 1 is 1.22 bits per heavy atom. The highest BCUT2D eigenvalue weighted by Gasteiger charge is 2.45. The van der Waals surface area contributed by atoms with Gasteiger partial charge in [0.15, 0.2) is 11.6 Å². The van der Waals surface area contributed by atoms with Crippen LogP contribution in [0.5, 0.6) is 0 Å². The topological polar surface area (TPSA) is 117 Å². The number of carbonyl (C=O) groups is 1. The van der Waals surface area contributed by atoms with Crippen molar-refractivity contribution in [2.45, 2.75) is 64.6 Å². The lowest BCUT2D eigenvalue weighted by Gasteiger charge is -2.29. The molecule has 2 aromatic heterocycles.